The smallest absolute Gasteiger partial charge is 0.243 e. The standard InChI is InChI=1S/C22H44N6O3/c1-19(2)16-20(28-10-14-31-15-11-28)17-24-22(25-18-21(29)26(3)4)23-6-5-7-27-8-12-30-13-9-27/h19-20H,5-18H2,1-4H3,(H2,23,24,25). The van der Waals surface area contributed by atoms with Crippen LogP contribution in [0, 0.1) is 5.92 Å². The van der Waals surface area contributed by atoms with Gasteiger partial charge >= 0.3 is 0 Å². The summed E-state index contributed by atoms with van der Waals surface area (Å²) in [5.74, 6) is 1.34. The van der Waals surface area contributed by atoms with E-state index < -0.39 is 0 Å². The Hall–Kier alpha value is -1.42. The SMILES string of the molecule is CC(C)CC(CNC(=NCC(=O)N(C)C)NCCCN1CCOCC1)N1CCOCC1. The zero-order valence-corrected chi connectivity index (χ0v) is 20.1. The summed E-state index contributed by atoms with van der Waals surface area (Å²) >= 11 is 0. The van der Waals surface area contributed by atoms with Gasteiger partial charge in [-0.1, -0.05) is 13.8 Å². The molecule has 2 aliphatic heterocycles. The summed E-state index contributed by atoms with van der Waals surface area (Å²) in [4.78, 5) is 23.1. The van der Waals surface area contributed by atoms with Crippen molar-refractivity contribution in [2.24, 2.45) is 10.9 Å². The van der Waals surface area contributed by atoms with Gasteiger partial charge in [0.25, 0.3) is 0 Å². The fourth-order valence-electron chi connectivity index (χ4n) is 3.86. The third-order valence-corrected chi connectivity index (χ3v) is 5.73. The van der Waals surface area contributed by atoms with Crippen molar-refractivity contribution in [3.63, 3.8) is 0 Å². The van der Waals surface area contributed by atoms with E-state index in [1.54, 1.807) is 19.0 Å². The minimum absolute atomic E-state index is 0.00123. The predicted octanol–water partition coefficient (Wildman–Crippen LogP) is 0.0790. The van der Waals surface area contributed by atoms with Crippen LogP contribution in [0.15, 0.2) is 4.99 Å². The Morgan fingerprint density at radius 1 is 1.03 bits per heavy atom. The molecule has 0 aromatic rings. The summed E-state index contributed by atoms with van der Waals surface area (Å²) in [5.41, 5.74) is 0. The molecule has 0 aromatic carbocycles. The van der Waals surface area contributed by atoms with Gasteiger partial charge in [0.1, 0.15) is 6.54 Å². The van der Waals surface area contributed by atoms with Crippen molar-refractivity contribution in [1.82, 2.24) is 25.3 Å². The molecule has 9 nitrogen and oxygen atoms in total. The number of nitrogens with zero attached hydrogens (tertiary/aromatic N) is 4. The first-order valence-corrected chi connectivity index (χ1v) is 11.8. The topological polar surface area (TPSA) is 81.7 Å². The number of hydrogen-bond acceptors (Lipinski definition) is 6. The first-order chi connectivity index (χ1) is 15.0. The predicted molar refractivity (Wildman–Crippen MR) is 125 cm³/mol. The van der Waals surface area contributed by atoms with Crippen molar-refractivity contribution >= 4 is 11.9 Å². The number of carbonyl (C=O) groups is 1. The van der Waals surface area contributed by atoms with Crippen molar-refractivity contribution in [2.75, 3.05) is 92.9 Å². The quantitative estimate of drug-likeness (QED) is 0.267. The van der Waals surface area contributed by atoms with E-state index in [-0.39, 0.29) is 12.5 Å². The lowest BCUT2D eigenvalue weighted by atomic mass is 10.0. The molecule has 1 amide bonds. The minimum atomic E-state index is 0.00123. The average Bonchev–Trinajstić information content (AvgIpc) is 2.77. The molecule has 1 atom stereocenters. The summed E-state index contributed by atoms with van der Waals surface area (Å²) < 4.78 is 10.9. The lowest BCUT2D eigenvalue weighted by molar-refractivity contribution is -0.127. The maximum Gasteiger partial charge on any atom is 0.243 e. The third-order valence-electron chi connectivity index (χ3n) is 5.73. The first-order valence-electron chi connectivity index (χ1n) is 11.8. The lowest BCUT2D eigenvalue weighted by Gasteiger charge is -2.35. The molecule has 1 unspecified atom stereocenters. The highest BCUT2D eigenvalue weighted by Crippen LogP contribution is 2.13. The van der Waals surface area contributed by atoms with Gasteiger partial charge in [-0.05, 0) is 25.3 Å². The van der Waals surface area contributed by atoms with Gasteiger partial charge in [-0.2, -0.15) is 0 Å². The molecule has 2 heterocycles. The summed E-state index contributed by atoms with van der Waals surface area (Å²) in [6.07, 6.45) is 2.15. The van der Waals surface area contributed by atoms with Crippen molar-refractivity contribution in [3.8, 4) is 0 Å². The second kappa shape index (κ2) is 14.6. The van der Waals surface area contributed by atoms with E-state index in [0.29, 0.717) is 12.0 Å². The molecule has 2 rings (SSSR count). The Kier molecular flexibility index (Phi) is 12.2. The molecule has 2 saturated heterocycles. The zero-order chi connectivity index (χ0) is 22.5. The van der Waals surface area contributed by atoms with E-state index in [9.17, 15) is 4.79 Å². The van der Waals surface area contributed by atoms with E-state index in [2.05, 4.69) is 39.3 Å². The van der Waals surface area contributed by atoms with Crippen LogP contribution in [-0.4, -0.2) is 125 Å². The molecule has 0 aliphatic carbocycles. The molecule has 0 aromatic heterocycles. The number of ether oxygens (including phenoxy) is 2. The van der Waals surface area contributed by atoms with E-state index in [4.69, 9.17) is 9.47 Å². The number of likely N-dealkylation sites (N-methyl/N-ethyl adjacent to an activating group) is 1. The van der Waals surface area contributed by atoms with E-state index in [0.717, 1.165) is 91.0 Å². The van der Waals surface area contributed by atoms with Crippen LogP contribution in [0.25, 0.3) is 0 Å². The fraction of sp³-hybridized carbons (Fsp3) is 0.909. The molecule has 0 radical (unpaired) electrons. The maximum absolute atomic E-state index is 12.0. The zero-order valence-electron chi connectivity index (χ0n) is 20.1. The molecule has 180 valence electrons. The van der Waals surface area contributed by atoms with Gasteiger partial charge in [0.15, 0.2) is 5.96 Å². The number of amides is 1. The third kappa shape index (κ3) is 10.6. The molecule has 0 bridgehead atoms. The van der Waals surface area contributed by atoms with Crippen molar-refractivity contribution in [2.45, 2.75) is 32.7 Å². The monoisotopic (exact) mass is 440 g/mol. The van der Waals surface area contributed by atoms with Gasteiger partial charge in [-0.3, -0.25) is 14.6 Å². The van der Waals surface area contributed by atoms with Gasteiger partial charge in [0.2, 0.25) is 5.91 Å². The summed E-state index contributed by atoms with van der Waals surface area (Å²) in [6, 6.07) is 0.425. The van der Waals surface area contributed by atoms with Crippen LogP contribution < -0.4 is 10.6 Å². The Bertz CT molecular complexity index is 531. The van der Waals surface area contributed by atoms with Crippen LogP contribution in [0.5, 0.6) is 0 Å². The molecule has 2 aliphatic rings. The van der Waals surface area contributed by atoms with E-state index in [1.807, 2.05) is 0 Å². The fourth-order valence-corrected chi connectivity index (χ4v) is 3.86. The van der Waals surface area contributed by atoms with Gasteiger partial charge in [-0.25, -0.2) is 4.99 Å². The molecule has 0 spiro atoms. The Labute approximate surface area is 188 Å². The van der Waals surface area contributed by atoms with Gasteiger partial charge < -0.3 is 25.0 Å². The molecule has 2 fully saturated rings. The minimum Gasteiger partial charge on any atom is -0.379 e. The normalized spacial score (nSPS) is 20.0. The molecular formula is C22H44N6O3. The Morgan fingerprint density at radius 3 is 2.29 bits per heavy atom. The van der Waals surface area contributed by atoms with E-state index >= 15 is 0 Å². The number of aliphatic imine (C=N–C) groups is 1. The average molecular weight is 441 g/mol. The molecular weight excluding hydrogens is 396 g/mol. The number of guanidine groups is 1. The van der Waals surface area contributed by atoms with Crippen molar-refractivity contribution in [1.29, 1.82) is 0 Å². The largest absolute Gasteiger partial charge is 0.379 e. The number of nitrogens with one attached hydrogen (secondary N) is 2. The van der Waals surface area contributed by atoms with Crippen LogP contribution in [0.3, 0.4) is 0 Å². The molecule has 31 heavy (non-hydrogen) atoms. The Balaban J connectivity index is 1.87. The number of rotatable bonds is 11. The summed E-state index contributed by atoms with van der Waals surface area (Å²) in [7, 11) is 3.52. The van der Waals surface area contributed by atoms with Crippen LogP contribution in [0.2, 0.25) is 0 Å². The van der Waals surface area contributed by atoms with Crippen molar-refractivity contribution < 1.29 is 14.3 Å². The highest BCUT2D eigenvalue weighted by atomic mass is 16.5. The molecule has 0 saturated carbocycles. The Morgan fingerprint density at radius 2 is 1.68 bits per heavy atom. The summed E-state index contributed by atoms with van der Waals surface area (Å²) in [6.45, 7) is 14.6. The van der Waals surface area contributed by atoms with Crippen LogP contribution in [-0.2, 0) is 14.3 Å². The number of hydrogen-bond donors (Lipinski definition) is 2. The van der Waals surface area contributed by atoms with Crippen LogP contribution in [0.1, 0.15) is 26.7 Å². The number of carbonyl (C=O) groups excluding carboxylic acids is 1. The second-order valence-corrected chi connectivity index (χ2v) is 9.00. The molecule has 9 heteroatoms. The summed E-state index contributed by atoms with van der Waals surface area (Å²) in [5, 5.41) is 6.94. The van der Waals surface area contributed by atoms with Crippen molar-refractivity contribution in [3.05, 3.63) is 0 Å². The number of morpholine rings is 2. The molecule has 2 N–H and O–H groups in total. The van der Waals surface area contributed by atoms with Gasteiger partial charge in [0.05, 0.1) is 26.4 Å². The van der Waals surface area contributed by atoms with Gasteiger partial charge in [-0.15, -0.1) is 0 Å². The highest BCUT2D eigenvalue weighted by Gasteiger charge is 2.22. The van der Waals surface area contributed by atoms with E-state index in [1.165, 1.54) is 0 Å². The van der Waals surface area contributed by atoms with Crippen LogP contribution in [0.4, 0.5) is 0 Å². The van der Waals surface area contributed by atoms with Gasteiger partial charge in [0, 0.05) is 59.4 Å². The first kappa shape index (κ1) is 25.8. The lowest BCUT2D eigenvalue weighted by Crippen LogP contribution is -2.51. The maximum atomic E-state index is 12.0. The second-order valence-electron chi connectivity index (χ2n) is 9.00. The van der Waals surface area contributed by atoms with Crippen LogP contribution >= 0.6 is 0 Å². The highest BCUT2D eigenvalue weighted by molar-refractivity contribution is 5.84.